The molecule has 1 atom stereocenters. The van der Waals surface area contributed by atoms with Gasteiger partial charge in [-0.1, -0.05) is 19.3 Å². The molecule has 1 saturated heterocycles. The molecular weight excluding hydrogens is 334 g/mol. The lowest BCUT2D eigenvalue weighted by Crippen LogP contribution is -2.40. The van der Waals surface area contributed by atoms with E-state index in [0.29, 0.717) is 17.9 Å². The van der Waals surface area contributed by atoms with Gasteiger partial charge in [0.25, 0.3) is 10.7 Å². The van der Waals surface area contributed by atoms with E-state index in [4.69, 9.17) is 16.6 Å². The molecule has 1 aromatic carbocycles. The van der Waals surface area contributed by atoms with Gasteiger partial charge in [0.15, 0.2) is 0 Å². The van der Waals surface area contributed by atoms with Crippen LogP contribution >= 0.6 is 12.2 Å². The number of benzene rings is 1. The molecule has 1 N–H and O–H groups in total. The van der Waals surface area contributed by atoms with Gasteiger partial charge in [0.2, 0.25) is 5.89 Å². The van der Waals surface area contributed by atoms with E-state index in [-0.39, 0.29) is 10.7 Å². The Labute approximate surface area is 152 Å². The maximum atomic E-state index is 13.0. The molecule has 4 rings (SSSR count). The second-order valence-electron chi connectivity index (χ2n) is 7.10. The third-order valence-electron chi connectivity index (χ3n) is 5.57. The van der Waals surface area contributed by atoms with E-state index in [0.717, 1.165) is 30.5 Å². The Hall–Kier alpha value is -1.95. The Kier molecular flexibility index (Phi) is 4.70. The Morgan fingerprint density at radius 3 is 2.56 bits per heavy atom. The zero-order chi connectivity index (χ0) is 17.2. The summed E-state index contributed by atoms with van der Waals surface area (Å²) in [6.45, 7) is 0.885. The first-order valence-electron chi connectivity index (χ1n) is 9.19. The van der Waals surface area contributed by atoms with Crippen LogP contribution in [0.15, 0.2) is 28.7 Å². The molecular formula is C19H23N3O2S. The zero-order valence-electron chi connectivity index (χ0n) is 14.2. The summed E-state index contributed by atoms with van der Waals surface area (Å²) in [6, 6.07) is 7.89. The van der Waals surface area contributed by atoms with Crippen LogP contribution in [0.1, 0.15) is 55.3 Å². The highest BCUT2D eigenvalue weighted by molar-refractivity contribution is 7.71. The summed E-state index contributed by atoms with van der Waals surface area (Å²) in [6.07, 6.45) is 8.81. The summed E-state index contributed by atoms with van der Waals surface area (Å²) < 4.78 is 5.32. The number of aromatic amines is 1. The highest BCUT2D eigenvalue weighted by Crippen LogP contribution is 2.35. The molecule has 0 radical (unpaired) electrons. The molecule has 1 amide bonds. The number of H-pyrrole nitrogens is 1. The quantitative estimate of drug-likeness (QED) is 0.817. The van der Waals surface area contributed by atoms with Crippen LogP contribution in [-0.4, -0.2) is 33.6 Å². The SMILES string of the molecule is O=C(c1ccc(-c2n[nH]c(=S)o2)cc1)N1CCC[C@H]1C1CCCCC1. The molecule has 1 aliphatic heterocycles. The van der Waals surface area contributed by atoms with Crippen molar-refractivity contribution in [2.24, 2.45) is 5.92 Å². The van der Waals surface area contributed by atoms with Crippen molar-refractivity contribution in [3.63, 3.8) is 0 Å². The molecule has 0 bridgehead atoms. The molecule has 1 aromatic heterocycles. The van der Waals surface area contributed by atoms with E-state index in [1.54, 1.807) is 0 Å². The summed E-state index contributed by atoms with van der Waals surface area (Å²) in [5.74, 6) is 1.29. The van der Waals surface area contributed by atoms with Crippen LogP contribution in [0.5, 0.6) is 0 Å². The van der Waals surface area contributed by atoms with Gasteiger partial charge in [-0.15, -0.1) is 5.10 Å². The fraction of sp³-hybridized carbons (Fsp3) is 0.526. The molecule has 2 heterocycles. The minimum Gasteiger partial charge on any atom is -0.409 e. The van der Waals surface area contributed by atoms with Gasteiger partial charge in [-0.2, -0.15) is 0 Å². The van der Waals surface area contributed by atoms with E-state index < -0.39 is 0 Å². The first-order valence-corrected chi connectivity index (χ1v) is 9.60. The Balaban J connectivity index is 1.50. The highest BCUT2D eigenvalue weighted by Gasteiger charge is 2.35. The number of amides is 1. The van der Waals surface area contributed by atoms with Crippen LogP contribution < -0.4 is 0 Å². The second kappa shape index (κ2) is 7.12. The number of hydrogen-bond acceptors (Lipinski definition) is 4. The summed E-state index contributed by atoms with van der Waals surface area (Å²) >= 11 is 4.90. The van der Waals surface area contributed by atoms with E-state index in [9.17, 15) is 4.79 Å². The molecule has 1 aliphatic carbocycles. The van der Waals surface area contributed by atoms with Crippen molar-refractivity contribution in [1.29, 1.82) is 0 Å². The predicted molar refractivity (Wildman–Crippen MR) is 97.8 cm³/mol. The maximum Gasteiger partial charge on any atom is 0.284 e. The Morgan fingerprint density at radius 2 is 1.88 bits per heavy atom. The van der Waals surface area contributed by atoms with Gasteiger partial charge in [-0.3, -0.25) is 4.79 Å². The number of aromatic nitrogens is 2. The van der Waals surface area contributed by atoms with Crippen molar-refractivity contribution >= 4 is 18.1 Å². The van der Waals surface area contributed by atoms with Crippen molar-refractivity contribution in [3.05, 3.63) is 34.7 Å². The van der Waals surface area contributed by atoms with Crippen molar-refractivity contribution in [3.8, 4) is 11.5 Å². The van der Waals surface area contributed by atoms with E-state index in [1.165, 1.54) is 32.1 Å². The van der Waals surface area contributed by atoms with Gasteiger partial charge in [-0.25, -0.2) is 5.10 Å². The fourth-order valence-electron chi connectivity index (χ4n) is 4.33. The van der Waals surface area contributed by atoms with Gasteiger partial charge in [0, 0.05) is 23.7 Å². The molecule has 1 saturated carbocycles. The zero-order valence-corrected chi connectivity index (χ0v) is 15.1. The number of rotatable bonds is 3. The number of carbonyl (C=O) groups excluding carboxylic acids is 1. The highest BCUT2D eigenvalue weighted by atomic mass is 32.1. The van der Waals surface area contributed by atoms with Crippen LogP contribution in [0, 0.1) is 10.8 Å². The lowest BCUT2D eigenvalue weighted by atomic mass is 9.83. The number of carbonyl (C=O) groups is 1. The van der Waals surface area contributed by atoms with Crippen molar-refractivity contribution < 1.29 is 9.21 Å². The van der Waals surface area contributed by atoms with Gasteiger partial charge in [-0.05, 0) is 68.1 Å². The summed E-state index contributed by atoms with van der Waals surface area (Å²) in [4.78, 5) is 15.4. The molecule has 5 nitrogen and oxygen atoms in total. The Bertz CT molecular complexity index is 790. The van der Waals surface area contributed by atoms with Crippen molar-refractivity contribution in [1.82, 2.24) is 15.1 Å². The van der Waals surface area contributed by atoms with Gasteiger partial charge < -0.3 is 9.32 Å². The lowest BCUT2D eigenvalue weighted by molar-refractivity contribution is 0.0661. The molecule has 0 unspecified atom stereocenters. The standard InChI is InChI=1S/C19H23N3O2S/c23-18(22-12-4-7-16(22)13-5-2-1-3-6-13)15-10-8-14(9-11-15)17-20-21-19(25)24-17/h8-11,13,16H,1-7,12H2,(H,21,25)/t16-/m0/s1. The van der Waals surface area contributed by atoms with Crippen molar-refractivity contribution in [2.45, 2.75) is 51.0 Å². The predicted octanol–water partition coefficient (Wildman–Crippen LogP) is 4.58. The van der Waals surface area contributed by atoms with Gasteiger partial charge >= 0.3 is 0 Å². The third kappa shape index (κ3) is 3.40. The average molecular weight is 357 g/mol. The van der Waals surface area contributed by atoms with E-state index in [2.05, 4.69) is 15.1 Å². The van der Waals surface area contributed by atoms with E-state index >= 15 is 0 Å². The van der Waals surface area contributed by atoms with Crippen LogP contribution in [-0.2, 0) is 0 Å². The van der Waals surface area contributed by atoms with Crippen LogP contribution in [0.4, 0.5) is 0 Å². The fourth-order valence-corrected chi connectivity index (χ4v) is 4.45. The summed E-state index contributed by atoms with van der Waals surface area (Å²) in [5.41, 5.74) is 1.55. The largest absolute Gasteiger partial charge is 0.409 e. The number of hydrogen-bond donors (Lipinski definition) is 1. The molecule has 2 aliphatic rings. The normalized spacial score (nSPS) is 21.6. The monoisotopic (exact) mass is 357 g/mol. The smallest absolute Gasteiger partial charge is 0.284 e. The molecule has 2 fully saturated rings. The first-order chi connectivity index (χ1) is 12.2. The minimum atomic E-state index is 0.155. The lowest BCUT2D eigenvalue weighted by Gasteiger charge is -2.34. The van der Waals surface area contributed by atoms with E-state index in [1.807, 2.05) is 24.3 Å². The topological polar surface area (TPSA) is 62.1 Å². The summed E-state index contributed by atoms with van der Waals surface area (Å²) in [7, 11) is 0. The maximum absolute atomic E-state index is 13.0. The molecule has 6 heteroatoms. The van der Waals surface area contributed by atoms with Crippen LogP contribution in [0.25, 0.3) is 11.5 Å². The van der Waals surface area contributed by atoms with Crippen LogP contribution in [0.2, 0.25) is 0 Å². The van der Waals surface area contributed by atoms with Crippen molar-refractivity contribution in [2.75, 3.05) is 6.54 Å². The Morgan fingerprint density at radius 1 is 1.12 bits per heavy atom. The minimum absolute atomic E-state index is 0.155. The van der Waals surface area contributed by atoms with Gasteiger partial charge in [0.05, 0.1) is 0 Å². The summed E-state index contributed by atoms with van der Waals surface area (Å²) in [5, 5.41) is 6.63. The molecule has 132 valence electrons. The second-order valence-corrected chi connectivity index (χ2v) is 7.47. The number of likely N-dealkylation sites (tertiary alicyclic amines) is 1. The molecule has 2 aromatic rings. The number of nitrogens with zero attached hydrogens (tertiary/aromatic N) is 2. The molecule has 25 heavy (non-hydrogen) atoms. The number of nitrogens with one attached hydrogen (secondary N) is 1. The molecule has 0 spiro atoms. The van der Waals surface area contributed by atoms with Crippen LogP contribution in [0.3, 0.4) is 0 Å². The third-order valence-corrected chi connectivity index (χ3v) is 5.75. The van der Waals surface area contributed by atoms with Gasteiger partial charge in [0.1, 0.15) is 0 Å². The average Bonchev–Trinajstić information content (AvgIpc) is 3.31. The first kappa shape index (κ1) is 16.5.